The summed E-state index contributed by atoms with van der Waals surface area (Å²) in [5.74, 6) is 1.62. The SMILES string of the molecule is CCOc1nc(N[C@@H]2CCN(c3ncnc4cc(NC(C)=O)ccc34)C2)ncc1Cl. The topological polar surface area (TPSA) is 105 Å². The second-order valence-corrected chi connectivity index (χ2v) is 7.37. The molecular formula is C20H22ClN7O2. The number of amides is 1. The summed E-state index contributed by atoms with van der Waals surface area (Å²) >= 11 is 6.07. The molecule has 2 aromatic heterocycles. The van der Waals surface area contributed by atoms with E-state index in [-0.39, 0.29) is 11.9 Å². The van der Waals surface area contributed by atoms with Crippen molar-refractivity contribution in [3.8, 4) is 5.88 Å². The van der Waals surface area contributed by atoms with Gasteiger partial charge in [0.05, 0.1) is 18.3 Å². The van der Waals surface area contributed by atoms with Crippen LogP contribution in [0.4, 0.5) is 17.5 Å². The van der Waals surface area contributed by atoms with Crippen molar-refractivity contribution in [2.24, 2.45) is 0 Å². The predicted molar refractivity (Wildman–Crippen MR) is 116 cm³/mol. The van der Waals surface area contributed by atoms with Crippen LogP contribution in [0.3, 0.4) is 0 Å². The number of nitrogens with zero attached hydrogens (tertiary/aromatic N) is 5. The highest BCUT2D eigenvalue weighted by Gasteiger charge is 2.25. The van der Waals surface area contributed by atoms with Crippen LogP contribution in [0.5, 0.6) is 5.88 Å². The molecule has 9 nitrogen and oxygen atoms in total. The first-order valence-corrected chi connectivity index (χ1v) is 10.1. The van der Waals surface area contributed by atoms with Crippen molar-refractivity contribution in [1.82, 2.24) is 19.9 Å². The molecule has 3 aromatic rings. The predicted octanol–water partition coefficient (Wildman–Crippen LogP) is 3.12. The molecule has 156 valence electrons. The molecule has 10 heteroatoms. The van der Waals surface area contributed by atoms with E-state index in [0.29, 0.717) is 29.1 Å². The number of rotatable bonds is 6. The fraction of sp³-hybridized carbons (Fsp3) is 0.350. The minimum absolute atomic E-state index is 0.117. The van der Waals surface area contributed by atoms with E-state index in [1.165, 1.54) is 6.92 Å². The van der Waals surface area contributed by atoms with Crippen LogP contribution in [0.25, 0.3) is 10.9 Å². The van der Waals surface area contributed by atoms with E-state index in [1.807, 2.05) is 25.1 Å². The minimum atomic E-state index is -0.117. The zero-order valence-electron chi connectivity index (χ0n) is 16.7. The Morgan fingerprint density at radius 1 is 1.33 bits per heavy atom. The lowest BCUT2D eigenvalue weighted by molar-refractivity contribution is -0.114. The average molecular weight is 428 g/mol. The van der Waals surface area contributed by atoms with Gasteiger partial charge in [0.15, 0.2) is 0 Å². The van der Waals surface area contributed by atoms with Crippen molar-refractivity contribution in [3.05, 3.63) is 35.7 Å². The third-order valence-electron chi connectivity index (χ3n) is 4.75. The minimum Gasteiger partial charge on any atom is -0.477 e. The number of fused-ring (bicyclic) bond motifs is 1. The lowest BCUT2D eigenvalue weighted by Gasteiger charge is -2.19. The molecule has 0 radical (unpaired) electrons. The largest absolute Gasteiger partial charge is 0.477 e. The molecule has 1 amide bonds. The monoisotopic (exact) mass is 427 g/mol. The molecule has 2 N–H and O–H groups in total. The normalized spacial score (nSPS) is 16.0. The first-order valence-electron chi connectivity index (χ1n) is 9.72. The highest BCUT2D eigenvalue weighted by molar-refractivity contribution is 6.31. The van der Waals surface area contributed by atoms with Crippen molar-refractivity contribution in [3.63, 3.8) is 0 Å². The van der Waals surface area contributed by atoms with Gasteiger partial charge in [0, 0.05) is 37.1 Å². The van der Waals surface area contributed by atoms with Gasteiger partial charge in [-0.3, -0.25) is 4.79 Å². The Hall–Kier alpha value is -3.20. The van der Waals surface area contributed by atoms with Crippen molar-refractivity contribution >= 4 is 45.9 Å². The summed E-state index contributed by atoms with van der Waals surface area (Å²) in [6, 6.07) is 5.81. The highest BCUT2D eigenvalue weighted by Crippen LogP contribution is 2.29. The first-order chi connectivity index (χ1) is 14.5. The summed E-state index contributed by atoms with van der Waals surface area (Å²) in [5, 5.41) is 7.46. The number of hydrogen-bond acceptors (Lipinski definition) is 8. The molecule has 0 bridgehead atoms. The summed E-state index contributed by atoms with van der Waals surface area (Å²) < 4.78 is 5.44. The molecule has 30 heavy (non-hydrogen) atoms. The standard InChI is InChI=1S/C20H22ClN7O2/c1-3-30-19-16(21)9-22-20(27-19)26-14-6-7-28(10-14)18-15-5-4-13(25-12(2)29)8-17(15)23-11-24-18/h4-5,8-9,11,14H,3,6-7,10H2,1-2H3,(H,25,29)(H,22,26,27)/t14-/m1/s1. The number of halogens is 1. The molecule has 3 heterocycles. The quantitative estimate of drug-likeness (QED) is 0.618. The van der Waals surface area contributed by atoms with Crippen LogP contribution in [0.15, 0.2) is 30.7 Å². The molecule has 1 aliphatic rings. The Balaban J connectivity index is 1.50. The van der Waals surface area contributed by atoms with E-state index in [2.05, 4.69) is 35.5 Å². The van der Waals surface area contributed by atoms with Gasteiger partial charge < -0.3 is 20.3 Å². The van der Waals surface area contributed by atoms with E-state index in [1.54, 1.807) is 12.5 Å². The van der Waals surface area contributed by atoms with Gasteiger partial charge in [0.25, 0.3) is 0 Å². The van der Waals surface area contributed by atoms with Crippen LogP contribution in [-0.4, -0.2) is 51.6 Å². The number of aromatic nitrogens is 4. The molecule has 4 rings (SSSR count). The van der Waals surface area contributed by atoms with Gasteiger partial charge in [-0.15, -0.1) is 0 Å². The van der Waals surface area contributed by atoms with Crippen LogP contribution in [0.1, 0.15) is 20.3 Å². The van der Waals surface area contributed by atoms with Gasteiger partial charge in [-0.25, -0.2) is 15.0 Å². The summed E-state index contributed by atoms with van der Waals surface area (Å²) in [4.78, 5) is 31.0. The van der Waals surface area contributed by atoms with Crippen molar-refractivity contribution in [2.75, 3.05) is 35.2 Å². The second-order valence-electron chi connectivity index (χ2n) is 6.97. The molecule has 1 atom stereocenters. The summed E-state index contributed by atoms with van der Waals surface area (Å²) in [7, 11) is 0. The number of carbonyl (C=O) groups is 1. The fourth-order valence-electron chi connectivity index (χ4n) is 3.49. The van der Waals surface area contributed by atoms with E-state index in [9.17, 15) is 4.79 Å². The number of anilines is 3. The third kappa shape index (κ3) is 4.35. The Kier molecular flexibility index (Phi) is 5.80. The number of hydrogen-bond donors (Lipinski definition) is 2. The first kappa shape index (κ1) is 20.1. The zero-order valence-corrected chi connectivity index (χ0v) is 17.5. The zero-order chi connectivity index (χ0) is 21.1. The Morgan fingerprint density at radius 3 is 3.00 bits per heavy atom. The molecule has 1 aliphatic heterocycles. The van der Waals surface area contributed by atoms with Crippen LogP contribution in [-0.2, 0) is 4.79 Å². The molecular weight excluding hydrogens is 406 g/mol. The van der Waals surface area contributed by atoms with E-state index >= 15 is 0 Å². The van der Waals surface area contributed by atoms with Crippen LogP contribution < -0.4 is 20.3 Å². The maximum Gasteiger partial charge on any atom is 0.237 e. The second kappa shape index (κ2) is 8.66. The van der Waals surface area contributed by atoms with Gasteiger partial charge in [-0.2, -0.15) is 4.98 Å². The Labute approximate surface area is 178 Å². The van der Waals surface area contributed by atoms with Crippen LogP contribution in [0, 0.1) is 0 Å². The van der Waals surface area contributed by atoms with Gasteiger partial charge in [0.1, 0.15) is 17.2 Å². The maximum atomic E-state index is 11.3. The average Bonchev–Trinajstić information content (AvgIpc) is 3.18. The molecule has 0 unspecified atom stereocenters. The summed E-state index contributed by atoms with van der Waals surface area (Å²) in [5.41, 5.74) is 1.50. The van der Waals surface area contributed by atoms with E-state index in [0.717, 1.165) is 36.2 Å². The molecule has 1 aromatic carbocycles. The molecule has 1 fully saturated rings. The molecule has 1 saturated heterocycles. The maximum absolute atomic E-state index is 11.3. The van der Waals surface area contributed by atoms with Crippen LogP contribution >= 0.6 is 11.6 Å². The Bertz CT molecular complexity index is 1080. The van der Waals surface area contributed by atoms with Gasteiger partial charge >= 0.3 is 0 Å². The van der Waals surface area contributed by atoms with E-state index < -0.39 is 0 Å². The highest BCUT2D eigenvalue weighted by atomic mass is 35.5. The summed E-state index contributed by atoms with van der Waals surface area (Å²) in [6.07, 6.45) is 4.00. The van der Waals surface area contributed by atoms with Crippen molar-refractivity contribution < 1.29 is 9.53 Å². The van der Waals surface area contributed by atoms with Gasteiger partial charge in [-0.05, 0) is 31.5 Å². The Morgan fingerprint density at radius 2 is 2.20 bits per heavy atom. The number of nitrogens with one attached hydrogen (secondary N) is 2. The summed E-state index contributed by atoms with van der Waals surface area (Å²) in [6.45, 7) is 5.43. The molecule has 0 saturated carbocycles. The van der Waals surface area contributed by atoms with Crippen molar-refractivity contribution in [2.45, 2.75) is 26.3 Å². The fourth-order valence-corrected chi connectivity index (χ4v) is 3.63. The lowest BCUT2D eigenvalue weighted by Crippen LogP contribution is -2.27. The van der Waals surface area contributed by atoms with Gasteiger partial charge in [-0.1, -0.05) is 11.6 Å². The third-order valence-corrected chi connectivity index (χ3v) is 5.01. The van der Waals surface area contributed by atoms with Crippen LogP contribution in [0.2, 0.25) is 5.02 Å². The lowest BCUT2D eigenvalue weighted by atomic mass is 10.2. The number of carbonyl (C=O) groups excluding carboxylic acids is 1. The number of ether oxygens (including phenoxy) is 1. The van der Waals surface area contributed by atoms with Crippen molar-refractivity contribution in [1.29, 1.82) is 0 Å². The smallest absolute Gasteiger partial charge is 0.237 e. The van der Waals surface area contributed by atoms with Gasteiger partial charge in [0.2, 0.25) is 17.7 Å². The van der Waals surface area contributed by atoms with E-state index in [4.69, 9.17) is 16.3 Å². The number of benzene rings is 1. The molecule has 0 aliphatic carbocycles. The molecule has 0 spiro atoms.